The molecule has 0 unspecified atom stereocenters. The van der Waals surface area contributed by atoms with E-state index < -0.39 is 0 Å². The lowest BCUT2D eigenvalue weighted by Crippen LogP contribution is -2.31. The van der Waals surface area contributed by atoms with Crippen molar-refractivity contribution >= 4 is 23.1 Å². The van der Waals surface area contributed by atoms with Crippen LogP contribution < -0.4 is 15.4 Å². The summed E-state index contributed by atoms with van der Waals surface area (Å²) in [4.78, 5) is 4.17. The SMILES string of the molecule is COc1cccnc1NC(=S)N[C@H](C)c1ccc(F)cc1. The Hall–Kier alpha value is -2.21. The van der Waals surface area contributed by atoms with Crippen molar-refractivity contribution in [2.75, 3.05) is 12.4 Å². The molecule has 2 aromatic rings. The first kappa shape index (κ1) is 15.2. The molecule has 0 aliphatic rings. The van der Waals surface area contributed by atoms with Gasteiger partial charge in [0.25, 0.3) is 0 Å². The molecule has 1 atom stereocenters. The molecular formula is C15H16FN3OS. The van der Waals surface area contributed by atoms with Crippen LogP contribution >= 0.6 is 12.2 Å². The maximum Gasteiger partial charge on any atom is 0.174 e. The molecule has 1 heterocycles. The van der Waals surface area contributed by atoms with E-state index in [1.165, 1.54) is 12.1 Å². The molecule has 2 N–H and O–H groups in total. The van der Waals surface area contributed by atoms with Crippen LogP contribution in [0.5, 0.6) is 5.75 Å². The van der Waals surface area contributed by atoms with E-state index in [4.69, 9.17) is 17.0 Å². The van der Waals surface area contributed by atoms with Gasteiger partial charge in [-0.3, -0.25) is 0 Å². The largest absolute Gasteiger partial charge is 0.493 e. The molecule has 1 aromatic heterocycles. The van der Waals surface area contributed by atoms with Gasteiger partial charge in [0.2, 0.25) is 0 Å². The fourth-order valence-electron chi connectivity index (χ4n) is 1.82. The van der Waals surface area contributed by atoms with Crippen molar-refractivity contribution in [1.82, 2.24) is 10.3 Å². The average molecular weight is 305 g/mol. The van der Waals surface area contributed by atoms with Crippen LogP contribution in [-0.4, -0.2) is 17.2 Å². The first-order valence-corrected chi connectivity index (χ1v) is 6.83. The van der Waals surface area contributed by atoms with Crippen molar-refractivity contribution < 1.29 is 9.13 Å². The number of thiocarbonyl (C=S) groups is 1. The number of halogens is 1. The molecule has 4 nitrogen and oxygen atoms in total. The molecule has 0 fully saturated rings. The summed E-state index contributed by atoms with van der Waals surface area (Å²) >= 11 is 5.25. The van der Waals surface area contributed by atoms with E-state index in [-0.39, 0.29) is 11.9 Å². The molecule has 0 saturated carbocycles. The fraction of sp³-hybridized carbons (Fsp3) is 0.200. The maximum absolute atomic E-state index is 12.9. The lowest BCUT2D eigenvalue weighted by molar-refractivity contribution is 0.415. The third-order valence-corrected chi connectivity index (χ3v) is 3.16. The Balaban J connectivity index is 1.99. The Labute approximate surface area is 128 Å². The number of rotatable bonds is 4. The highest BCUT2D eigenvalue weighted by Crippen LogP contribution is 2.20. The minimum Gasteiger partial charge on any atom is -0.493 e. The highest BCUT2D eigenvalue weighted by atomic mass is 32.1. The van der Waals surface area contributed by atoms with E-state index >= 15 is 0 Å². The van der Waals surface area contributed by atoms with E-state index in [9.17, 15) is 4.39 Å². The predicted molar refractivity (Wildman–Crippen MR) is 85.0 cm³/mol. The summed E-state index contributed by atoms with van der Waals surface area (Å²) in [5.74, 6) is 0.893. The molecule has 0 aliphatic heterocycles. The molecule has 1 aromatic carbocycles. The zero-order chi connectivity index (χ0) is 15.2. The highest BCUT2D eigenvalue weighted by Gasteiger charge is 2.09. The first-order valence-electron chi connectivity index (χ1n) is 6.42. The van der Waals surface area contributed by atoms with E-state index in [1.54, 1.807) is 37.6 Å². The standard InChI is InChI=1S/C15H16FN3OS/c1-10(11-5-7-12(16)8-6-11)18-15(21)19-14-13(20-2)4-3-9-17-14/h3-10H,1-2H3,(H2,17,18,19,21)/t10-/m1/s1. The van der Waals surface area contributed by atoms with Gasteiger partial charge in [-0.2, -0.15) is 0 Å². The number of hydrogen-bond acceptors (Lipinski definition) is 3. The van der Waals surface area contributed by atoms with E-state index in [2.05, 4.69) is 15.6 Å². The van der Waals surface area contributed by atoms with Crippen LogP contribution in [0, 0.1) is 5.82 Å². The van der Waals surface area contributed by atoms with Gasteiger partial charge in [-0.15, -0.1) is 0 Å². The van der Waals surface area contributed by atoms with Gasteiger partial charge in [0, 0.05) is 6.20 Å². The minimum absolute atomic E-state index is 0.0553. The van der Waals surface area contributed by atoms with Crippen LogP contribution in [-0.2, 0) is 0 Å². The molecule has 0 aliphatic carbocycles. The first-order chi connectivity index (χ1) is 10.1. The number of aromatic nitrogens is 1. The molecular weight excluding hydrogens is 289 g/mol. The van der Waals surface area contributed by atoms with Gasteiger partial charge in [-0.1, -0.05) is 12.1 Å². The van der Waals surface area contributed by atoms with E-state index in [0.717, 1.165) is 5.56 Å². The second kappa shape index (κ2) is 6.99. The Morgan fingerprint density at radius 3 is 2.67 bits per heavy atom. The maximum atomic E-state index is 12.9. The van der Waals surface area contributed by atoms with Crippen molar-refractivity contribution in [2.45, 2.75) is 13.0 Å². The van der Waals surface area contributed by atoms with Crippen molar-refractivity contribution in [2.24, 2.45) is 0 Å². The summed E-state index contributed by atoms with van der Waals surface area (Å²) in [6, 6.07) is 9.80. The number of nitrogens with zero attached hydrogens (tertiary/aromatic N) is 1. The number of nitrogens with one attached hydrogen (secondary N) is 2. The minimum atomic E-state index is -0.259. The fourth-order valence-corrected chi connectivity index (χ4v) is 2.10. The molecule has 110 valence electrons. The summed E-state index contributed by atoms with van der Waals surface area (Å²) in [6.45, 7) is 1.94. The Bertz CT molecular complexity index is 619. The van der Waals surface area contributed by atoms with Crippen LogP contribution in [0.15, 0.2) is 42.6 Å². The van der Waals surface area contributed by atoms with Gasteiger partial charge < -0.3 is 15.4 Å². The van der Waals surface area contributed by atoms with Gasteiger partial charge in [-0.25, -0.2) is 9.37 Å². The van der Waals surface area contributed by atoms with Crippen molar-refractivity contribution in [3.05, 3.63) is 54.0 Å². The molecule has 21 heavy (non-hydrogen) atoms. The monoisotopic (exact) mass is 305 g/mol. The zero-order valence-corrected chi connectivity index (χ0v) is 12.6. The number of ether oxygens (including phenoxy) is 1. The molecule has 0 radical (unpaired) electrons. The van der Waals surface area contributed by atoms with Gasteiger partial charge in [0.05, 0.1) is 13.2 Å². The quantitative estimate of drug-likeness (QED) is 0.849. The number of benzene rings is 1. The third kappa shape index (κ3) is 4.13. The Kier molecular flexibility index (Phi) is 5.05. The Morgan fingerprint density at radius 2 is 2.00 bits per heavy atom. The second-order valence-electron chi connectivity index (χ2n) is 4.43. The highest BCUT2D eigenvalue weighted by molar-refractivity contribution is 7.80. The van der Waals surface area contributed by atoms with Crippen LogP contribution in [0.1, 0.15) is 18.5 Å². The molecule has 2 rings (SSSR count). The zero-order valence-electron chi connectivity index (χ0n) is 11.8. The van der Waals surface area contributed by atoms with Gasteiger partial charge in [0.1, 0.15) is 5.82 Å². The normalized spacial score (nSPS) is 11.6. The molecule has 0 amide bonds. The lowest BCUT2D eigenvalue weighted by atomic mass is 10.1. The third-order valence-electron chi connectivity index (χ3n) is 2.94. The number of anilines is 1. The second-order valence-corrected chi connectivity index (χ2v) is 4.83. The van der Waals surface area contributed by atoms with Gasteiger partial charge in [0.15, 0.2) is 16.7 Å². The van der Waals surface area contributed by atoms with Crippen LogP contribution in [0.3, 0.4) is 0 Å². The Morgan fingerprint density at radius 1 is 1.29 bits per heavy atom. The summed E-state index contributed by atoms with van der Waals surface area (Å²) < 4.78 is 18.1. The number of methoxy groups -OCH3 is 1. The predicted octanol–water partition coefficient (Wildman–Crippen LogP) is 3.28. The van der Waals surface area contributed by atoms with E-state index in [0.29, 0.717) is 16.7 Å². The van der Waals surface area contributed by atoms with Gasteiger partial charge >= 0.3 is 0 Å². The smallest absolute Gasteiger partial charge is 0.174 e. The summed E-state index contributed by atoms with van der Waals surface area (Å²) in [7, 11) is 1.57. The molecule has 0 saturated heterocycles. The molecule has 0 spiro atoms. The summed E-state index contributed by atoms with van der Waals surface area (Å²) in [6.07, 6.45) is 1.65. The van der Waals surface area contributed by atoms with Crippen molar-refractivity contribution in [3.8, 4) is 5.75 Å². The van der Waals surface area contributed by atoms with Crippen LogP contribution in [0.2, 0.25) is 0 Å². The van der Waals surface area contributed by atoms with Crippen LogP contribution in [0.4, 0.5) is 10.2 Å². The van der Waals surface area contributed by atoms with E-state index in [1.807, 2.05) is 6.92 Å². The van der Waals surface area contributed by atoms with Crippen LogP contribution in [0.25, 0.3) is 0 Å². The van der Waals surface area contributed by atoms with Crippen molar-refractivity contribution in [1.29, 1.82) is 0 Å². The topological polar surface area (TPSA) is 46.2 Å². The number of hydrogen-bond donors (Lipinski definition) is 2. The number of pyridine rings is 1. The summed E-state index contributed by atoms with van der Waals surface area (Å²) in [5, 5.41) is 6.52. The summed E-state index contributed by atoms with van der Waals surface area (Å²) in [5.41, 5.74) is 0.938. The molecule has 6 heteroatoms. The van der Waals surface area contributed by atoms with Crippen molar-refractivity contribution in [3.63, 3.8) is 0 Å². The average Bonchev–Trinajstić information content (AvgIpc) is 2.48. The lowest BCUT2D eigenvalue weighted by Gasteiger charge is -2.17. The van der Waals surface area contributed by atoms with Gasteiger partial charge in [-0.05, 0) is 49.0 Å². The molecule has 0 bridgehead atoms.